The van der Waals surface area contributed by atoms with E-state index in [4.69, 9.17) is 9.47 Å². The van der Waals surface area contributed by atoms with Crippen LogP contribution in [0.2, 0.25) is 0 Å². The van der Waals surface area contributed by atoms with Gasteiger partial charge in [-0.3, -0.25) is 4.90 Å². The van der Waals surface area contributed by atoms with Gasteiger partial charge in [0.2, 0.25) is 0 Å². The van der Waals surface area contributed by atoms with E-state index in [0.29, 0.717) is 6.61 Å². The summed E-state index contributed by atoms with van der Waals surface area (Å²) in [5.74, 6) is 0. The first-order valence-electron chi connectivity index (χ1n) is 9.95. The first-order valence-corrected chi connectivity index (χ1v) is 11.7. The van der Waals surface area contributed by atoms with Crippen LogP contribution in [0.3, 0.4) is 0 Å². The van der Waals surface area contributed by atoms with Crippen LogP contribution in [0.4, 0.5) is 0 Å². The second-order valence-electron chi connectivity index (χ2n) is 7.47. The van der Waals surface area contributed by atoms with Crippen LogP contribution in [0.15, 0.2) is 80.5 Å². The maximum absolute atomic E-state index is 6.05. The van der Waals surface area contributed by atoms with Crippen molar-refractivity contribution in [2.75, 3.05) is 46.1 Å². The summed E-state index contributed by atoms with van der Waals surface area (Å²) < 4.78 is 11.5. The first kappa shape index (κ1) is 21.3. The van der Waals surface area contributed by atoms with Crippen LogP contribution >= 0.6 is 35.9 Å². The molecule has 1 unspecified atom stereocenters. The van der Waals surface area contributed by atoms with E-state index in [1.807, 2.05) is 11.8 Å². The van der Waals surface area contributed by atoms with E-state index in [1.165, 1.54) is 27.2 Å². The number of morpholine rings is 1. The molecule has 0 aromatic heterocycles. The Labute approximate surface area is 187 Å². The third-order valence-electron chi connectivity index (χ3n) is 5.80. The number of rotatable bonds is 5. The van der Waals surface area contributed by atoms with Gasteiger partial charge in [0.15, 0.2) is 0 Å². The predicted octanol–water partition coefficient (Wildman–Crippen LogP) is 5.02. The molecule has 0 saturated carbocycles. The minimum Gasteiger partial charge on any atom is -0.379 e. The van der Waals surface area contributed by atoms with E-state index in [0.717, 1.165) is 45.9 Å². The quantitative estimate of drug-likeness (QED) is 0.550. The molecule has 0 bridgehead atoms. The van der Waals surface area contributed by atoms with E-state index < -0.39 is 0 Å². The first-order chi connectivity index (χ1) is 13.9. The highest BCUT2D eigenvalue weighted by atomic mass is 35.5. The minimum absolute atomic E-state index is 0. The Morgan fingerprint density at radius 2 is 2.00 bits per heavy atom. The molecule has 0 radical (unpaired) electrons. The molecule has 5 rings (SSSR count). The summed E-state index contributed by atoms with van der Waals surface area (Å²) in [7, 11) is 0. The lowest BCUT2D eigenvalue weighted by Crippen LogP contribution is -2.38. The Morgan fingerprint density at radius 1 is 1.10 bits per heavy atom. The molecule has 1 spiro atoms. The molecule has 3 aliphatic heterocycles. The molecule has 0 amide bonds. The highest BCUT2D eigenvalue weighted by Crippen LogP contribution is 2.55. The number of allylic oxidation sites excluding steroid dienone is 9. The van der Waals surface area contributed by atoms with Gasteiger partial charge in [-0.1, -0.05) is 30.4 Å². The molecule has 1 atom stereocenters. The van der Waals surface area contributed by atoms with Gasteiger partial charge in [-0.15, -0.1) is 35.9 Å². The minimum atomic E-state index is 0. The molecule has 2 aliphatic carbocycles. The van der Waals surface area contributed by atoms with Gasteiger partial charge in [0.05, 0.1) is 31.2 Å². The van der Waals surface area contributed by atoms with Crippen molar-refractivity contribution in [3.63, 3.8) is 0 Å². The Bertz CT molecular complexity index is 862. The summed E-state index contributed by atoms with van der Waals surface area (Å²) in [5.41, 5.74) is 5.54. The van der Waals surface area contributed by atoms with Crippen molar-refractivity contribution < 1.29 is 9.47 Å². The number of ether oxygens (including phenoxy) is 2. The molecule has 0 aromatic rings. The number of hydrogen-bond acceptors (Lipinski definition) is 5. The Morgan fingerprint density at radius 3 is 2.90 bits per heavy atom. The fourth-order valence-corrected chi connectivity index (χ4v) is 6.38. The van der Waals surface area contributed by atoms with Crippen LogP contribution in [0.1, 0.15) is 6.42 Å². The average Bonchev–Trinajstić information content (AvgIpc) is 3.09. The molecule has 1 fully saturated rings. The van der Waals surface area contributed by atoms with Gasteiger partial charge in [0, 0.05) is 24.5 Å². The molecule has 5 aliphatic rings. The zero-order valence-electron chi connectivity index (χ0n) is 16.3. The third kappa shape index (κ3) is 4.27. The molecule has 154 valence electrons. The van der Waals surface area contributed by atoms with Crippen LogP contribution in [-0.4, -0.2) is 55.7 Å². The fraction of sp³-hybridized carbons (Fsp3) is 0.391. The Hall–Kier alpha value is -0.950. The smallest absolute Gasteiger partial charge is 0.0776 e. The molecule has 3 nitrogen and oxygen atoms in total. The van der Waals surface area contributed by atoms with Crippen molar-refractivity contribution in [2.24, 2.45) is 0 Å². The van der Waals surface area contributed by atoms with Gasteiger partial charge in [0.25, 0.3) is 0 Å². The highest BCUT2D eigenvalue weighted by Gasteiger charge is 2.43. The third-order valence-corrected chi connectivity index (χ3v) is 7.97. The zero-order chi connectivity index (χ0) is 18.8. The molecule has 29 heavy (non-hydrogen) atoms. The second kappa shape index (κ2) is 9.46. The summed E-state index contributed by atoms with van der Waals surface area (Å²) >= 11 is 3.74. The summed E-state index contributed by atoms with van der Waals surface area (Å²) in [6, 6.07) is 0. The van der Waals surface area contributed by atoms with Crippen LogP contribution < -0.4 is 0 Å². The van der Waals surface area contributed by atoms with Crippen molar-refractivity contribution in [2.45, 2.75) is 11.2 Å². The summed E-state index contributed by atoms with van der Waals surface area (Å²) in [6.45, 7) is 6.20. The predicted molar refractivity (Wildman–Crippen MR) is 127 cm³/mol. The lowest BCUT2D eigenvalue weighted by atomic mass is 9.88. The highest BCUT2D eigenvalue weighted by molar-refractivity contribution is 8.05. The van der Waals surface area contributed by atoms with E-state index in [2.05, 4.69) is 58.2 Å². The normalized spacial score (nSPS) is 27.9. The van der Waals surface area contributed by atoms with Gasteiger partial charge < -0.3 is 9.47 Å². The van der Waals surface area contributed by atoms with Crippen molar-refractivity contribution in [1.82, 2.24) is 4.90 Å². The van der Waals surface area contributed by atoms with Gasteiger partial charge in [-0.2, -0.15) is 0 Å². The summed E-state index contributed by atoms with van der Waals surface area (Å²) in [5, 5.41) is 4.44. The van der Waals surface area contributed by atoms with Gasteiger partial charge in [-0.05, 0) is 51.7 Å². The van der Waals surface area contributed by atoms with E-state index in [9.17, 15) is 0 Å². The number of thioether (sulfide) groups is 2. The largest absolute Gasteiger partial charge is 0.379 e. The number of fused-ring (bicyclic) bond motifs is 1. The summed E-state index contributed by atoms with van der Waals surface area (Å²) in [6.07, 6.45) is 17.1. The van der Waals surface area contributed by atoms with Crippen molar-refractivity contribution >= 4 is 35.9 Å². The molecular formula is C23H26ClNO2S2. The van der Waals surface area contributed by atoms with Crippen molar-refractivity contribution in [3.05, 3.63) is 80.5 Å². The Balaban J connectivity index is 0.00000205. The van der Waals surface area contributed by atoms with Crippen molar-refractivity contribution in [3.8, 4) is 0 Å². The van der Waals surface area contributed by atoms with Crippen LogP contribution in [-0.2, 0) is 9.47 Å². The fourth-order valence-electron chi connectivity index (χ4n) is 4.29. The molecule has 1 saturated heterocycles. The molecule has 0 N–H and O–H groups in total. The zero-order valence-corrected chi connectivity index (χ0v) is 18.8. The number of halogens is 1. The lowest BCUT2D eigenvalue weighted by molar-refractivity contribution is 0.0232. The second-order valence-corrected chi connectivity index (χ2v) is 9.68. The molecule has 0 aromatic carbocycles. The number of nitrogens with zero attached hydrogens (tertiary/aromatic N) is 1. The maximum atomic E-state index is 6.05. The SMILES string of the molecule is C1=CC2=C3C=CSC=C3C=CC3=CC=C(COCCN4CCOCC4)SC32C1.Cl. The van der Waals surface area contributed by atoms with E-state index >= 15 is 0 Å². The molecular weight excluding hydrogens is 422 g/mol. The summed E-state index contributed by atoms with van der Waals surface area (Å²) in [4.78, 5) is 3.74. The van der Waals surface area contributed by atoms with Crippen molar-refractivity contribution in [1.29, 1.82) is 0 Å². The lowest BCUT2D eigenvalue weighted by Gasteiger charge is -2.35. The van der Waals surface area contributed by atoms with Gasteiger partial charge in [0.1, 0.15) is 0 Å². The molecule has 3 heterocycles. The van der Waals surface area contributed by atoms with Gasteiger partial charge >= 0.3 is 0 Å². The Kier molecular flexibility index (Phi) is 6.94. The van der Waals surface area contributed by atoms with Gasteiger partial charge in [-0.25, -0.2) is 0 Å². The number of hydrogen-bond donors (Lipinski definition) is 0. The van der Waals surface area contributed by atoms with E-state index in [1.54, 1.807) is 11.8 Å². The van der Waals surface area contributed by atoms with Crippen LogP contribution in [0.25, 0.3) is 0 Å². The molecule has 6 heteroatoms. The van der Waals surface area contributed by atoms with E-state index in [-0.39, 0.29) is 17.2 Å². The monoisotopic (exact) mass is 447 g/mol. The topological polar surface area (TPSA) is 21.7 Å². The standard InChI is InChI=1S/C23H25NO2S2.ClH/c1-2-22-21-7-15-27-17-18(21)3-4-19-5-6-20(28-23(19,22)8-1)16-26-14-11-24-9-12-25-13-10-24;/h1-7,15,17H,8-14,16H2;1H. The van der Waals surface area contributed by atoms with Crippen LogP contribution in [0.5, 0.6) is 0 Å². The maximum Gasteiger partial charge on any atom is 0.0776 e. The van der Waals surface area contributed by atoms with Crippen LogP contribution in [0, 0.1) is 0 Å². The average molecular weight is 448 g/mol.